The summed E-state index contributed by atoms with van der Waals surface area (Å²) in [6.45, 7) is 10.6. The van der Waals surface area contributed by atoms with Gasteiger partial charge in [0.15, 0.2) is 0 Å². The normalized spacial score (nSPS) is 16.9. The van der Waals surface area contributed by atoms with Crippen molar-refractivity contribution in [2.75, 3.05) is 0 Å². The second-order valence-corrected chi connectivity index (χ2v) is 12.8. The average molecular weight is 632 g/mol. The van der Waals surface area contributed by atoms with E-state index in [1.807, 2.05) is 24.3 Å². The van der Waals surface area contributed by atoms with Crippen LogP contribution in [0, 0.1) is 6.92 Å². The number of allylic oxidation sites excluding steroid dienone is 12. The summed E-state index contributed by atoms with van der Waals surface area (Å²) >= 11 is 0. The SMILES string of the molecule is C=CC1=C(c2cccc(/C(=N/Cc3ccccc3)NC(N)C3=CC=CC3)c2C)C=C(c2ccc(C3=CC=C(CC(=C)O)CC3)cc2)CC1. The number of hydrogen-bond donors (Lipinski definition) is 3. The molecule has 3 aromatic carbocycles. The van der Waals surface area contributed by atoms with E-state index >= 15 is 0 Å². The first-order valence-electron chi connectivity index (χ1n) is 16.9. The zero-order valence-corrected chi connectivity index (χ0v) is 27.9. The molecule has 48 heavy (non-hydrogen) atoms. The molecule has 0 radical (unpaired) electrons. The van der Waals surface area contributed by atoms with Crippen LogP contribution >= 0.6 is 0 Å². The number of nitrogens with one attached hydrogen (secondary N) is 1. The van der Waals surface area contributed by atoms with E-state index in [9.17, 15) is 5.11 Å². The summed E-state index contributed by atoms with van der Waals surface area (Å²) in [6, 6.07) is 25.8. The summed E-state index contributed by atoms with van der Waals surface area (Å²) in [5.41, 5.74) is 21.2. The summed E-state index contributed by atoms with van der Waals surface area (Å²) in [4.78, 5) is 5.09. The van der Waals surface area contributed by atoms with Crippen LogP contribution in [0.25, 0.3) is 16.7 Å². The van der Waals surface area contributed by atoms with Crippen LogP contribution in [0.2, 0.25) is 0 Å². The number of aliphatic hydroxyl groups is 1. The molecule has 4 nitrogen and oxygen atoms in total. The van der Waals surface area contributed by atoms with Gasteiger partial charge in [0.25, 0.3) is 0 Å². The molecule has 0 amide bonds. The molecular weight excluding hydrogens is 587 g/mol. The Morgan fingerprint density at radius 3 is 2.33 bits per heavy atom. The van der Waals surface area contributed by atoms with Crippen molar-refractivity contribution in [2.45, 2.75) is 58.2 Å². The summed E-state index contributed by atoms with van der Waals surface area (Å²) in [5.74, 6) is 1.03. The maximum atomic E-state index is 9.56. The molecule has 0 saturated carbocycles. The van der Waals surface area contributed by atoms with Gasteiger partial charge >= 0.3 is 0 Å². The highest BCUT2D eigenvalue weighted by Gasteiger charge is 2.20. The Balaban J connectivity index is 1.30. The van der Waals surface area contributed by atoms with Crippen molar-refractivity contribution >= 4 is 22.6 Å². The molecule has 0 fully saturated rings. The van der Waals surface area contributed by atoms with Gasteiger partial charge in [-0.15, -0.1) is 0 Å². The monoisotopic (exact) mass is 631 g/mol. The van der Waals surface area contributed by atoms with Crippen LogP contribution in [0.15, 0.2) is 156 Å². The maximum Gasteiger partial charge on any atom is 0.130 e. The van der Waals surface area contributed by atoms with Crippen molar-refractivity contribution in [1.29, 1.82) is 0 Å². The average Bonchev–Trinajstić information content (AvgIpc) is 3.66. The Bertz CT molecular complexity index is 1910. The predicted molar refractivity (Wildman–Crippen MR) is 203 cm³/mol. The van der Waals surface area contributed by atoms with E-state index in [-0.39, 0.29) is 11.9 Å². The van der Waals surface area contributed by atoms with E-state index in [4.69, 9.17) is 10.7 Å². The molecule has 3 aromatic rings. The minimum Gasteiger partial charge on any atom is -0.513 e. The molecule has 0 bridgehead atoms. The van der Waals surface area contributed by atoms with Crippen molar-refractivity contribution in [1.82, 2.24) is 5.32 Å². The van der Waals surface area contributed by atoms with Crippen molar-refractivity contribution < 1.29 is 5.11 Å². The summed E-state index contributed by atoms with van der Waals surface area (Å²) in [7, 11) is 0. The van der Waals surface area contributed by atoms with Gasteiger partial charge in [-0.25, -0.2) is 0 Å². The lowest BCUT2D eigenvalue weighted by Crippen LogP contribution is -2.43. The van der Waals surface area contributed by atoms with Crippen LogP contribution in [0.3, 0.4) is 0 Å². The van der Waals surface area contributed by atoms with Crippen LogP contribution in [-0.4, -0.2) is 17.1 Å². The Morgan fingerprint density at radius 1 is 0.917 bits per heavy atom. The molecule has 4 heteroatoms. The molecule has 0 spiro atoms. The highest BCUT2D eigenvalue weighted by Crippen LogP contribution is 2.38. The largest absolute Gasteiger partial charge is 0.513 e. The quantitative estimate of drug-likeness (QED) is 0.0854. The second-order valence-electron chi connectivity index (χ2n) is 12.8. The molecule has 6 rings (SSSR count). The van der Waals surface area contributed by atoms with Gasteiger partial charge in [-0.1, -0.05) is 134 Å². The Hall–Kier alpha value is -5.19. The fourth-order valence-corrected chi connectivity index (χ4v) is 6.74. The lowest BCUT2D eigenvalue weighted by molar-refractivity contribution is 0.399. The van der Waals surface area contributed by atoms with Crippen LogP contribution in [0.1, 0.15) is 71.9 Å². The molecule has 0 saturated heterocycles. The fraction of sp³-hybridized carbons (Fsp3) is 0.205. The highest BCUT2D eigenvalue weighted by atomic mass is 16.3. The topological polar surface area (TPSA) is 70.6 Å². The minimum atomic E-state index is -0.326. The Kier molecular flexibility index (Phi) is 10.3. The second kappa shape index (κ2) is 15.1. The van der Waals surface area contributed by atoms with E-state index in [0.29, 0.717) is 13.0 Å². The molecule has 1 atom stereocenters. The molecule has 3 aliphatic rings. The molecule has 0 aliphatic heterocycles. The number of nitrogens with zero attached hydrogens (tertiary/aromatic N) is 1. The van der Waals surface area contributed by atoms with Gasteiger partial charge in [0.05, 0.1) is 18.5 Å². The zero-order chi connectivity index (χ0) is 33.5. The fourth-order valence-electron chi connectivity index (χ4n) is 6.74. The molecule has 242 valence electrons. The Labute approximate surface area is 285 Å². The van der Waals surface area contributed by atoms with E-state index < -0.39 is 0 Å². The van der Waals surface area contributed by atoms with Crippen molar-refractivity contribution in [3.63, 3.8) is 0 Å². The number of aliphatic imine (C=N–C) groups is 1. The van der Waals surface area contributed by atoms with Gasteiger partial charge in [0.2, 0.25) is 0 Å². The van der Waals surface area contributed by atoms with Crippen LogP contribution < -0.4 is 11.1 Å². The first-order valence-corrected chi connectivity index (χ1v) is 16.9. The van der Waals surface area contributed by atoms with Gasteiger partial charge in [-0.05, 0) is 94.7 Å². The number of hydrogen-bond acceptors (Lipinski definition) is 3. The van der Waals surface area contributed by atoms with Gasteiger partial charge < -0.3 is 16.2 Å². The molecule has 0 heterocycles. The number of amidine groups is 1. The number of nitrogens with two attached hydrogens (primary N) is 1. The van der Waals surface area contributed by atoms with E-state index in [1.165, 1.54) is 44.6 Å². The van der Waals surface area contributed by atoms with Crippen molar-refractivity contribution in [3.8, 4) is 0 Å². The lowest BCUT2D eigenvalue weighted by Gasteiger charge is -2.23. The van der Waals surface area contributed by atoms with Crippen LogP contribution in [0.5, 0.6) is 0 Å². The molecule has 1 unspecified atom stereocenters. The van der Waals surface area contributed by atoms with Crippen LogP contribution in [-0.2, 0) is 6.54 Å². The Morgan fingerprint density at radius 2 is 1.67 bits per heavy atom. The van der Waals surface area contributed by atoms with Gasteiger partial charge in [0, 0.05) is 12.0 Å². The number of benzene rings is 3. The highest BCUT2D eigenvalue weighted by molar-refractivity contribution is 6.02. The number of aliphatic hydroxyl groups excluding tert-OH is 1. The van der Waals surface area contributed by atoms with Crippen LogP contribution in [0.4, 0.5) is 0 Å². The minimum absolute atomic E-state index is 0.227. The van der Waals surface area contributed by atoms with Gasteiger partial charge in [0.1, 0.15) is 5.84 Å². The van der Waals surface area contributed by atoms with E-state index in [1.54, 1.807) is 0 Å². The summed E-state index contributed by atoms with van der Waals surface area (Å²) in [6.07, 6.45) is 19.9. The standard InChI is InChI=1S/C44H45N3O/c1-4-34-21-26-39(37-24-22-36(23-25-37)35-19-17-32(18-20-35)27-30(2)48)28-42(34)40-15-10-16-41(31(40)3)44(46-29-33-11-6-5-7-12-33)47-43(45)38-13-8-9-14-38/h4-13,15-17,19,22-25,28,43,48H,1-2,14,18,20-21,26-27,29,45H2,3H3,(H,46,47). The van der Waals surface area contributed by atoms with Gasteiger partial charge in [-0.2, -0.15) is 0 Å². The first-order chi connectivity index (χ1) is 23.4. The van der Waals surface area contributed by atoms with E-state index in [2.05, 4.69) is 116 Å². The predicted octanol–water partition coefficient (Wildman–Crippen LogP) is 10.1. The third-order valence-electron chi connectivity index (χ3n) is 9.50. The third-order valence-corrected chi connectivity index (χ3v) is 9.50. The third kappa shape index (κ3) is 7.67. The maximum absolute atomic E-state index is 9.56. The first kappa shape index (κ1) is 32.7. The molecular formula is C44H45N3O. The van der Waals surface area contributed by atoms with E-state index in [0.717, 1.165) is 60.2 Å². The zero-order valence-electron chi connectivity index (χ0n) is 27.9. The number of rotatable bonds is 11. The van der Waals surface area contributed by atoms with Gasteiger partial charge in [-0.3, -0.25) is 4.99 Å². The summed E-state index contributed by atoms with van der Waals surface area (Å²) < 4.78 is 0. The lowest BCUT2D eigenvalue weighted by atomic mass is 9.83. The molecule has 4 N–H and O–H groups in total. The van der Waals surface area contributed by atoms with Crippen molar-refractivity contribution in [2.24, 2.45) is 10.7 Å². The molecule has 3 aliphatic carbocycles. The smallest absolute Gasteiger partial charge is 0.130 e. The summed E-state index contributed by atoms with van der Waals surface area (Å²) in [5, 5.41) is 13.1. The molecule has 0 aromatic heterocycles. The van der Waals surface area contributed by atoms with Crippen molar-refractivity contribution in [3.05, 3.63) is 184 Å².